The van der Waals surface area contributed by atoms with Crippen molar-refractivity contribution in [2.24, 2.45) is 5.92 Å². The lowest BCUT2D eigenvalue weighted by molar-refractivity contribution is -0.0728. The zero-order chi connectivity index (χ0) is 20.3. The quantitative estimate of drug-likeness (QED) is 0.768. The van der Waals surface area contributed by atoms with Crippen LogP contribution in [-0.4, -0.2) is 78.2 Å². The number of carbonyl (C=O) groups excluding carboxylic acids is 2. The number of methoxy groups -OCH3 is 1. The number of aryl methyl sites for hydroxylation is 1. The van der Waals surface area contributed by atoms with Crippen molar-refractivity contribution >= 4 is 28.5 Å². The molecular formula is C19H30N4O4S. The van der Waals surface area contributed by atoms with Gasteiger partial charge in [0, 0.05) is 32.7 Å². The van der Waals surface area contributed by atoms with Gasteiger partial charge in [0.2, 0.25) is 0 Å². The molecule has 2 atom stereocenters. The van der Waals surface area contributed by atoms with Gasteiger partial charge in [-0.15, -0.1) is 0 Å². The molecule has 0 radical (unpaired) electrons. The van der Waals surface area contributed by atoms with E-state index in [1.165, 1.54) is 7.11 Å². The van der Waals surface area contributed by atoms with Crippen LogP contribution < -0.4 is 5.32 Å². The summed E-state index contributed by atoms with van der Waals surface area (Å²) >= 11 is 1.11. The second-order valence-electron chi connectivity index (χ2n) is 7.80. The number of hydrogen-bond donors (Lipinski definition) is 1. The van der Waals surface area contributed by atoms with Gasteiger partial charge in [0.15, 0.2) is 0 Å². The van der Waals surface area contributed by atoms with Crippen molar-refractivity contribution in [1.82, 2.24) is 14.2 Å². The lowest BCUT2D eigenvalue weighted by atomic mass is 9.96. The van der Waals surface area contributed by atoms with E-state index in [2.05, 4.69) is 28.4 Å². The standard InChI is InChI=1S/C19H30N4O4S/c1-12-9-22(10-13(2)27-12)11-15-5-7-23(8-6-15)19(25)20-17-16(18(24)26-4)14(3)21-28-17/h12-13,15H,5-11H2,1-4H3,(H,20,25). The monoisotopic (exact) mass is 410 g/mol. The summed E-state index contributed by atoms with van der Waals surface area (Å²) in [6.45, 7) is 10.4. The Morgan fingerprint density at radius 1 is 1.25 bits per heavy atom. The molecule has 8 nitrogen and oxygen atoms in total. The molecule has 2 aliphatic rings. The van der Waals surface area contributed by atoms with Gasteiger partial charge in [-0.2, -0.15) is 4.37 Å². The molecule has 9 heteroatoms. The third kappa shape index (κ3) is 5.01. The summed E-state index contributed by atoms with van der Waals surface area (Å²) in [5.41, 5.74) is 0.908. The SMILES string of the molecule is COC(=O)c1c(C)nsc1NC(=O)N1CCC(CN2CC(C)OC(C)C2)CC1. The van der Waals surface area contributed by atoms with Crippen molar-refractivity contribution in [2.75, 3.05) is 45.2 Å². The smallest absolute Gasteiger partial charge is 0.342 e. The Balaban J connectivity index is 1.50. The Kier molecular flexibility index (Phi) is 6.90. The maximum Gasteiger partial charge on any atom is 0.342 e. The molecule has 1 aromatic heterocycles. The Morgan fingerprint density at radius 2 is 1.89 bits per heavy atom. The number of nitrogens with zero attached hydrogens (tertiary/aromatic N) is 3. The summed E-state index contributed by atoms with van der Waals surface area (Å²) in [6.07, 6.45) is 2.53. The number of anilines is 1. The highest BCUT2D eigenvalue weighted by molar-refractivity contribution is 7.11. The van der Waals surface area contributed by atoms with Crippen molar-refractivity contribution < 1.29 is 19.1 Å². The van der Waals surface area contributed by atoms with Gasteiger partial charge in [-0.1, -0.05) is 0 Å². The Morgan fingerprint density at radius 3 is 2.50 bits per heavy atom. The molecule has 1 N–H and O–H groups in total. The molecular weight excluding hydrogens is 380 g/mol. The number of esters is 1. The largest absolute Gasteiger partial charge is 0.465 e. The third-order valence-corrected chi connectivity index (χ3v) is 6.24. The van der Waals surface area contributed by atoms with Crippen LogP contribution in [0.1, 0.15) is 42.7 Å². The average molecular weight is 411 g/mol. The number of urea groups is 1. The molecule has 2 unspecified atom stereocenters. The molecule has 0 bridgehead atoms. The topological polar surface area (TPSA) is 84.0 Å². The van der Waals surface area contributed by atoms with Gasteiger partial charge in [-0.25, -0.2) is 9.59 Å². The zero-order valence-corrected chi connectivity index (χ0v) is 17.9. The van der Waals surface area contributed by atoms with Crippen LogP contribution in [0.2, 0.25) is 0 Å². The van der Waals surface area contributed by atoms with Crippen molar-refractivity contribution in [3.63, 3.8) is 0 Å². The first-order valence-electron chi connectivity index (χ1n) is 9.85. The van der Waals surface area contributed by atoms with E-state index in [-0.39, 0.29) is 18.2 Å². The second-order valence-corrected chi connectivity index (χ2v) is 8.57. The molecule has 0 spiro atoms. The van der Waals surface area contributed by atoms with Gasteiger partial charge in [0.1, 0.15) is 10.6 Å². The Labute approximate surface area is 170 Å². The number of likely N-dealkylation sites (tertiary alicyclic amines) is 1. The molecule has 2 amide bonds. The number of carbonyl (C=O) groups is 2. The van der Waals surface area contributed by atoms with Crippen molar-refractivity contribution in [2.45, 2.75) is 45.8 Å². The second kappa shape index (κ2) is 9.19. The number of hydrogen-bond acceptors (Lipinski definition) is 7. The van der Waals surface area contributed by atoms with Crippen LogP contribution in [0.25, 0.3) is 0 Å². The number of amides is 2. The van der Waals surface area contributed by atoms with Crippen LogP contribution in [0.15, 0.2) is 0 Å². The van der Waals surface area contributed by atoms with Gasteiger partial charge < -0.3 is 14.4 Å². The molecule has 2 fully saturated rings. The van der Waals surface area contributed by atoms with E-state index in [9.17, 15) is 9.59 Å². The summed E-state index contributed by atoms with van der Waals surface area (Å²) in [6, 6.07) is -0.180. The molecule has 0 saturated carbocycles. The Hall–Kier alpha value is -1.71. The predicted octanol–water partition coefficient (Wildman–Crippen LogP) is 2.59. The van der Waals surface area contributed by atoms with E-state index in [1.807, 2.05) is 4.90 Å². The van der Waals surface area contributed by atoms with E-state index in [0.29, 0.717) is 22.2 Å². The number of aromatic nitrogens is 1. The summed E-state index contributed by atoms with van der Waals surface area (Å²) in [7, 11) is 1.33. The fourth-order valence-corrected chi connectivity index (χ4v) is 4.87. The highest BCUT2D eigenvalue weighted by atomic mass is 32.1. The van der Waals surface area contributed by atoms with Crippen LogP contribution in [0, 0.1) is 12.8 Å². The minimum absolute atomic E-state index is 0.180. The van der Waals surface area contributed by atoms with Gasteiger partial charge in [-0.05, 0) is 51.1 Å². The van der Waals surface area contributed by atoms with E-state index in [4.69, 9.17) is 9.47 Å². The first-order chi connectivity index (χ1) is 13.4. The fourth-order valence-electron chi connectivity index (χ4n) is 4.09. The van der Waals surface area contributed by atoms with E-state index >= 15 is 0 Å². The zero-order valence-electron chi connectivity index (χ0n) is 17.1. The maximum atomic E-state index is 12.6. The summed E-state index contributed by atoms with van der Waals surface area (Å²) < 4.78 is 14.8. The van der Waals surface area contributed by atoms with Crippen molar-refractivity contribution in [1.29, 1.82) is 0 Å². The first kappa shape index (κ1) is 21.0. The van der Waals surface area contributed by atoms with Gasteiger partial charge in [0.05, 0.1) is 25.0 Å². The van der Waals surface area contributed by atoms with Crippen LogP contribution in [0.5, 0.6) is 0 Å². The number of nitrogens with one attached hydrogen (secondary N) is 1. The highest BCUT2D eigenvalue weighted by Crippen LogP contribution is 2.27. The summed E-state index contributed by atoms with van der Waals surface area (Å²) in [5, 5.41) is 3.29. The first-order valence-corrected chi connectivity index (χ1v) is 10.6. The Bertz CT molecular complexity index is 692. The van der Waals surface area contributed by atoms with Gasteiger partial charge >= 0.3 is 12.0 Å². The summed E-state index contributed by atoms with van der Waals surface area (Å²) in [4.78, 5) is 28.9. The minimum atomic E-state index is -0.478. The molecule has 0 aliphatic carbocycles. The number of ether oxygens (including phenoxy) is 2. The van der Waals surface area contributed by atoms with E-state index < -0.39 is 5.97 Å². The number of rotatable bonds is 4. The molecule has 3 heterocycles. The predicted molar refractivity (Wildman–Crippen MR) is 108 cm³/mol. The van der Waals surface area contributed by atoms with E-state index in [0.717, 1.165) is 57.1 Å². The summed E-state index contributed by atoms with van der Waals surface area (Å²) in [5.74, 6) is 0.118. The molecule has 1 aromatic rings. The van der Waals surface area contributed by atoms with Crippen molar-refractivity contribution in [3.05, 3.63) is 11.3 Å². The lowest BCUT2D eigenvalue weighted by Gasteiger charge is -2.39. The average Bonchev–Trinajstić information content (AvgIpc) is 3.01. The van der Waals surface area contributed by atoms with Gasteiger partial charge in [0.25, 0.3) is 0 Å². The highest BCUT2D eigenvalue weighted by Gasteiger charge is 2.29. The molecule has 2 aliphatic heterocycles. The van der Waals surface area contributed by atoms with Crippen LogP contribution >= 0.6 is 11.5 Å². The minimum Gasteiger partial charge on any atom is -0.465 e. The van der Waals surface area contributed by atoms with E-state index in [1.54, 1.807) is 6.92 Å². The lowest BCUT2D eigenvalue weighted by Crippen LogP contribution is -2.49. The molecule has 3 rings (SSSR count). The van der Waals surface area contributed by atoms with Gasteiger partial charge in [-0.3, -0.25) is 10.2 Å². The molecule has 156 valence electrons. The van der Waals surface area contributed by atoms with Crippen LogP contribution in [0.4, 0.5) is 9.80 Å². The van der Waals surface area contributed by atoms with Crippen LogP contribution in [-0.2, 0) is 9.47 Å². The molecule has 28 heavy (non-hydrogen) atoms. The normalized spacial score (nSPS) is 24.2. The number of morpholine rings is 1. The molecule has 2 saturated heterocycles. The molecule has 0 aromatic carbocycles. The maximum absolute atomic E-state index is 12.6. The fraction of sp³-hybridized carbons (Fsp3) is 0.737. The third-order valence-electron chi connectivity index (χ3n) is 5.39. The van der Waals surface area contributed by atoms with Crippen LogP contribution in [0.3, 0.4) is 0 Å². The number of piperidine rings is 1. The van der Waals surface area contributed by atoms with Crippen molar-refractivity contribution in [3.8, 4) is 0 Å².